The molecule has 0 heterocycles. The average molecular weight is 204 g/mol. The molecule has 76 valence electrons. The summed E-state index contributed by atoms with van der Waals surface area (Å²) in [4.78, 5) is 10.3. The van der Waals surface area contributed by atoms with Crippen LogP contribution in [-0.4, -0.2) is 26.3 Å². The standard InChI is InChI=1S/C9H16O3S/c1-7(6-9(10)11)13(12)5-4-8-2-3-8/h7-8H,2-6H2,1H3,(H,10,11). The predicted octanol–water partition coefficient (Wildman–Crippen LogP) is 1.40. The van der Waals surface area contributed by atoms with E-state index in [9.17, 15) is 9.00 Å². The second-order valence-corrected chi connectivity index (χ2v) is 5.70. The Morgan fingerprint density at radius 3 is 2.69 bits per heavy atom. The molecule has 0 saturated heterocycles. The van der Waals surface area contributed by atoms with Gasteiger partial charge in [0, 0.05) is 21.8 Å². The number of hydrogen-bond donors (Lipinski definition) is 1. The average Bonchev–Trinajstić information content (AvgIpc) is 2.81. The zero-order valence-electron chi connectivity index (χ0n) is 7.86. The molecular weight excluding hydrogens is 188 g/mol. The van der Waals surface area contributed by atoms with Gasteiger partial charge in [0.05, 0.1) is 6.42 Å². The number of carboxylic acid groups (broad SMARTS) is 1. The Hall–Kier alpha value is -0.380. The number of aliphatic carboxylic acids is 1. The first kappa shape index (κ1) is 10.7. The van der Waals surface area contributed by atoms with E-state index in [4.69, 9.17) is 5.11 Å². The van der Waals surface area contributed by atoms with E-state index in [1.54, 1.807) is 6.92 Å². The quantitative estimate of drug-likeness (QED) is 0.711. The maximum atomic E-state index is 11.5. The Labute approximate surface area is 81.0 Å². The van der Waals surface area contributed by atoms with E-state index < -0.39 is 16.8 Å². The van der Waals surface area contributed by atoms with Crippen molar-refractivity contribution in [2.24, 2.45) is 5.92 Å². The predicted molar refractivity (Wildman–Crippen MR) is 52.1 cm³/mol. The molecule has 0 spiro atoms. The largest absolute Gasteiger partial charge is 0.481 e. The summed E-state index contributed by atoms with van der Waals surface area (Å²) in [7, 11) is -0.947. The Balaban J connectivity index is 2.16. The second-order valence-electron chi connectivity index (χ2n) is 3.73. The monoisotopic (exact) mass is 204 g/mol. The van der Waals surface area contributed by atoms with Crippen LogP contribution in [0.1, 0.15) is 32.6 Å². The van der Waals surface area contributed by atoms with Crippen molar-refractivity contribution in [1.82, 2.24) is 0 Å². The highest BCUT2D eigenvalue weighted by Gasteiger charge is 2.23. The van der Waals surface area contributed by atoms with Gasteiger partial charge in [-0.05, 0) is 12.3 Å². The van der Waals surface area contributed by atoms with Crippen molar-refractivity contribution in [2.45, 2.75) is 37.9 Å². The van der Waals surface area contributed by atoms with Crippen LogP contribution in [0.3, 0.4) is 0 Å². The summed E-state index contributed by atoms with van der Waals surface area (Å²) >= 11 is 0. The molecule has 0 radical (unpaired) electrons. The third-order valence-electron chi connectivity index (χ3n) is 2.34. The lowest BCUT2D eigenvalue weighted by atomic mass is 10.3. The lowest BCUT2D eigenvalue weighted by Crippen LogP contribution is -2.18. The zero-order valence-corrected chi connectivity index (χ0v) is 8.68. The Bertz CT molecular complexity index is 211. The molecule has 1 aliphatic carbocycles. The minimum Gasteiger partial charge on any atom is -0.481 e. The molecule has 1 aliphatic rings. The number of hydrogen-bond acceptors (Lipinski definition) is 2. The van der Waals surface area contributed by atoms with Crippen LogP contribution in [0.5, 0.6) is 0 Å². The van der Waals surface area contributed by atoms with Gasteiger partial charge < -0.3 is 5.11 Å². The third-order valence-corrected chi connectivity index (χ3v) is 4.04. The van der Waals surface area contributed by atoms with E-state index >= 15 is 0 Å². The van der Waals surface area contributed by atoms with Gasteiger partial charge >= 0.3 is 5.97 Å². The molecule has 0 aliphatic heterocycles. The van der Waals surface area contributed by atoms with E-state index in [-0.39, 0.29) is 11.7 Å². The molecule has 1 fully saturated rings. The van der Waals surface area contributed by atoms with Crippen LogP contribution in [0.2, 0.25) is 0 Å². The molecule has 1 rings (SSSR count). The van der Waals surface area contributed by atoms with Crippen molar-refractivity contribution >= 4 is 16.8 Å². The van der Waals surface area contributed by atoms with E-state index in [1.165, 1.54) is 12.8 Å². The number of rotatable bonds is 6. The first-order chi connectivity index (χ1) is 6.09. The SMILES string of the molecule is CC(CC(=O)O)S(=O)CCC1CC1. The molecule has 0 bridgehead atoms. The van der Waals surface area contributed by atoms with Gasteiger partial charge in [-0.2, -0.15) is 0 Å². The molecule has 0 amide bonds. The highest BCUT2D eigenvalue weighted by Crippen LogP contribution is 2.32. The van der Waals surface area contributed by atoms with E-state index in [2.05, 4.69) is 0 Å². The highest BCUT2D eigenvalue weighted by atomic mass is 32.2. The molecular formula is C9H16O3S. The summed E-state index contributed by atoms with van der Waals surface area (Å²) in [5.74, 6) is 0.604. The molecule has 0 aromatic rings. The first-order valence-electron chi connectivity index (χ1n) is 4.68. The Morgan fingerprint density at radius 1 is 1.62 bits per heavy atom. The molecule has 2 atom stereocenters. The molecule has 0 aromatic carbocycles. The van der Waals surface area contributed by atoms with Gasteiger partial charge in [0.1, 0.15) is 0 Å². The van der Waals surface area contributed by atoms with Gasteiger partial charge in [-0.1, -0.05) is 19.8 Å². The van der Waals surface area contributed by atoms with E-state index in [1.807, 2.05) is 0 Å². The van der Waals surface area contributed by atoms with Crippen LogP contribution in [0.25, 0.3) is 0 Å². The molecule has 1 saturated carbocycles. The van der Waals surface area contributed by atoms with Crippen LogP contribution in [-0.2, 0) is 15.6 Å². The number of carbonyl (C=O) groups is 1. The summed E-state index contributed by atoms with van der Waals surface area (Å²) < 4.78 is 11.5. The lowest BCUT2D eigenvalue weighted by molar-refractivity contribution is -0.136. The van der Waals surface area contributed by atoms with Gasteiger partial charge in [-0.3, -0.25) is 9.00 Å². The molecule has 2 unspecified atom stereocenters. The van der Waals surface area contributed by atoms with Crippen LogP contribution < -0.4 is 0 Å². The molecule has 3 nitrogen and oxygen atoms in total. The van der Waals surface area contributed by atoms with Crippen molar-refractivity contribution < 1.29 is 14.1 Å². The Morgan fingerprint density at radius 2 is 2.23 bits per heavy atom. The van der Waals surface area contributed by atoms with E-state index in [0.29, 0.717) is 5.75 Å². The van der Waals surface area contributed by atoms with E-state index in [0.717, 1.165) is 12.3 Å². The minimum absolute atomic E-state index is 0.0251. The maximum absolute atomic E-state index is 11.5. The second kappa shape index (κ2) is 4.74. The minimum atomic E-state index is -0.947. The molecule has 4 heteroatoms. The maximum Gasteiger partial charge on any atom is 0.304 e. The van der Waals surface area contributed by atoms with Gasteiger partial charge in [0.25, 0.3) is 0 Å². The summed E-state index contributed by atoms with van der Waals surface area (Å²) in [6.07, 6.45) is 3.57. The lowest BCUT2D eigenvalue weighted by Gasteiger charge is -2.07. The summed E-state index contributed by atoms with van der Waals surface area (Å²) in [5, 5.41) is 8.29. The normalized spacial score (nSPS) is 21.0. The molecule has 0 aromatic heterocycles. The van der Waals surface area contributed by atoms with Crippen molar-refractivity contribution in [2.75, 3.05) is 5.75 Å². The van der Waals surface area contributed by atoms with Crippen LogP contribution >= 0.6 is 0 Å². The van der Waals surface area contributed by atoms with Crippen LogP contribution in [0.15, 0.2) is 0 Å². The zero-order chi connectivity index (χ0) is 9.84. The summed E-state index contributed by atoms with van der Waals surface area (Å²) in [6, 6.07) is 0. The van der Waals surface area contributed by atoms with Crippen molar-refractivity contribution in [3.8, 4) is 0 Å². The van der Waals surface area contributed by atoms with Crippen molar-refractivity contribution in [3.63, 3.8) is 0 Å². The molecule has 13 heavy (non-hydrogen) atoms. The van der Waals surface area contributed by atoms with Gasteiger partial charge in [0.2, 0.25) is 0 Å². The third kappa shape index (κ3) is 4.41. The molecule has 1 N–H and O–H groups in total. The van der Waals surface area contributed by atoms with Crippen molar-refractivity contribution in [1.29, 1.82) is 0 Å². The number of carboxylic acids is 1. The highest BCUT2D eigenvalue weighted by molar-refractivity contribution is 7.85. The first-order valence-corrected chi connectivity index (χ1v) is 6.06. The summed E-state index contributed by atoms with van der Waals surface area (Å²) in [5.41, 5.74) is 0. The van der Waals surface area contributed by atoms with Gasteiger partial charge in [-0.15, -0.1) is 0 Å². The van der Waals surface area contributed by atoms with Crippen LogP contribution in [0, 0.1) is 5.92 Å². The van der Waals surface area contributed by atoms with Gasteiger partial charge in [0.15, 0.2) is 0 Å². The van der Waals surface area contributed by atoms with Crippen LogP contribution in [0.4, 0.5) is 0 Å². The Kier molecular flexibility index (Phi) is 3.90. The topological polar surface area (TPSA) is 54.4 Å². The fourth-order valence-corrected chi connectivity index (χ4v) is 2.53. The van der Waals surface area contributed by atoms with Gasteiger partial charge in [-0.25, -0.2) is 0 Å². The fourth-order valence-electron chi connectivity index (χ4n) is 1.23. The summed E-state index contributed by atoms with van der Waals surface area (Å²) in [6.45, 7) is 1.75. The van der Waals surface area contributed by atoms with Crippen molar-refractivity contribution in [3.05, 3.63) is 0 Å². The fraction of sp³-hybridized carbons (Fsp3) is 0.889. The smallest absolute Gasteiger partial charge is 0.304 e.